The van der Waals surface area contributed by atoms with Crippen LogP contribution in [0.1, 0.15) is 48.0 Å². The highest BCUT2D eigenvalue weighted by Crippen LogP contribution is 2.44. The number of rotatable bonds is 10. The molecular weight excluding hydrogens is 448 g/mol. The standard InChI is InChI=1S/C22H32N4O4S2/c1-7-22(6,31-17-11-9-8-10-12-17)24-18-13-14-19(25(15(2)3)16(4)5)20(26(27)28)21(18)32(23,29)30/h8-16,24H,7H2,1-6H3,(H2,23,29,30). The molecule has 176 valence electrons. The molecule has 0 amide bonds. The van der Waals surface area contributed by atoms with Crippen molar-refractivity contribution < 1.29 is 13.3 Å². The molecule has 2 aromatic rings. The van der Waals surface area contributed by atoms with Gasteiger partial charge < -0.3 is 10.2 Å². The van der Waals surface area contributed by atoms with Gasteiger partial charge in [-0.2, -0.15) is 0 Å². The summed E-state index contributed by atoms with van der Waals surface area (Å²) in [5, 5.41) is 20.9. The van der Waals surface area contributed by atoms with Crippen LogP contribution in [0.15, 0.2) is 52.3 Å². The number of thioether (sulfide) groups is 1. The lowest BCUT2D eigenvalue weighted by Crippen LogP contribution is -2.38. The summed E-state index contributed by atoms with van der Waals surface area (Å²) in [6.45, 7) is 11.5. The largest absolute Gasteiger partial charge is 0.369 e. The third-order valence-corrected chi connectivity index (χ3v) is 7.46. The first-order valence-corrected chi connectivity index (χ1v) is 12.8. The fourth-order valence-corrected chi connectivity index (χ4v) is 5.70. The van der Waals surface area contributed by atoms with Gasteiger partial charge in [-0.25, -0.2) is 13.6 Å². The molecule has 8 nitrogen and oxygen atoms in total. The van der Waals surface area contributed by atoms with Crippen LogP contribution in [0.4, 0.5) is 17.1 Å². The van der Waals surface area contributed by atoms with Gasteiger partial charge in [0.15, 0.2) is 4.90 Å². The summed E-state index contributed by atoms with van der Waals surface area (Å²) < 4.78 is 25.3. The maximum absolute atomic E-state index is 12.6. The molecular formula is C22H32N4O4S2. The molecule has 0 saturated heterocycles. The summed E-state index contributed by atoms with van der Waals surface area (Å²) in [6, 6.07) is 12.6. The van der Waals surface area contributed by atoms with Gasteiger partial charge in [0.1, 0.15) is 5.69 Å². The molecule has 0 aliphatic carbocycles. The molecule has 2 aromatic carbocycles. The molecule has 32 heavy (non-hydrogen) atoms. The number of sulfonamides is 1. The lowest BCUT2D eigenvalue weighted by Gasteiger charge is -2.34. The SMILES string of the molecule is CCC(C)(Nc1ccc(N(C(C)C)C(C)C)c([N+](=O)[O-])c1S(N)(=O)=O)Sc1ccccc1. The van der Waals surface area contributed by atoms with Crippen molar-refractivity contribution in [3.8, 4) is 0 Å². The minimum atomic E-state index is -4.41. The number of benzene rings is 2. The zero-order valence-corrected chi connectivity index (χ0v) is 21.0. The van der Waals surface area contributed by atoms with E-state index in [2.05, 4.69) is 5.32 Å². The van der Waals surface area contributed by atoms with Gasteiger partial charge in [-0.15, -0.1) is 0 Å². The third-order valence-electron chi connectivity index (χ3n) is 5.13. The number of primary sulfonamides is 1. The van der Waals surface area contributed by atoms with E-state index < -0.39 is 30.4 Å². The molecule has 0 fully saturated rings. The summed E-state index contributed by atoms with van der Waals surface area (Å²) in [4.78, 5) is 13.1. The maximum Gasteiger partial charge on any atom is 0.314 e. The van der Waals surface area contributed by atoms with Crippen LogP contribution in [-0.2, 0) is 10.0 Å². The van der Waals surface area contributed by atoms with Gasteiger partial charge in [0, 0.05) is 17.0 Å². The van der Waals surface area contributed by atoms with E-state index in [-0.39, 0.29) is 23.5 Å². The molecule has 0 aliphatic heterocycles. The van der Waals surface area contributed by atoms with Crippen molar-refractivity contribution in [2.24, 2.45) is 5.14 Å². The summed E-state index contributed by atoms with van der Waals surface area (Å²) in [5.41, 5.74) is -0.172. The molecule has 0 aromatic heterocycles. The first-order chi connectivity index (χ1) is 14.8. The lowest BCUT2D eigenvalue weighted by atomic mass is 10.1. The fourth-order valence-electron chi connectivity index (χ4n) is 3.70. The minimum Gasteiger partial charge on any atom is -0.369 e. The van der Waals surface area contributed by atoms with Crippen molar-refractivity contribution in [2.75, 3.05) is 10.2 Å². The Bertz CT molecular complexity index is 1050. The lowest BCUT2D eigenvalue weighted by molar-refractivity contribution is -0.387. The fraction of sp³-hybridized carbons (Fsp3) is 0.455. The van der Waals surface area contributed by atoms with Gasteiger partial charge in [-0.3, -0.25) is 10.1 Å². The zero-order valence-electron chi connectivity index (χ0n) is 19.3. The molecule has 0 heterocycles. The van der Waals surface area contributed by atoms with E-state index in [1.807, 2.05) is 76.8 Å². The number of nitrogens with one attached hydrogen (secondary N) is 1. The average molecular weight is 481 g/mol. The van der Waals surface area contributed by atoms with E-state index in [1.165, 1.54) is 11.8 Å². The molecule has 3 N–H and O–H groups in total. The van der Waals surface area contributed by atoms with E-state index in [0.717, 1.165) is 4.90 Å². The van der Waals surface area contributed by atoms with E-state index in [0.29, 0.717) is 6.42 Å². The minimum absolute atomic E-state index is 0.0876. The Balaban J connectivity index is 2.70. The van der Waals surface area contributed by atoms with Crippen LogP contribution in [0.2, 0.25) is 0 Å². The Labute approximate surface area is 194 Å². The summed E-state index contributed by atoms with van der Waals surface area (Å²) in [7, 11) is -4.41. The van der Waals surface area contributed by atoms with E-state index >= 15 is 0 Å². The van der Waals surface area contributed by atoms with E-state index in [9.17, 15) is 18.5 Å². The molecule has 0 radical (unpaired) electrons. The number of nitro benzene ring substituents is 1. The topological polar surface area (TPSA) is 119 Å². The second-order valence-corrected chi connectivity index (χ2v) is 11.4. The molecule has 1 atom stereocenters. The van der Waals surface area contributed by atoms with E-state index in [4.69, 9.17) is 5.14 Å². The predicted octanol–water partition coefficient (Wildman–Crippen LogP) is 5.20. The predicted molar refractivity (Wildman–Crippen MR) is 132 cm³/mol. The first kappa shape index (κ1) is 26.0. The summed E-state index contributed by atoms with van der Waals surface area (Å²) in [5.74, 6) is 0. The Morgan fingerprint density at radius 1 is 1.12 bits per heavy atom. The van der Waals surface area contributed by atoms with Crippen LogP contribution in [0.5, 0.6) is 0 Å². The Hall–Kier alpha value is -2.30. The van der Waals surface area contributed by atoms with E-state index in [1.54, 1.807) is 12.1 Å². The number of nitro groups is 1. The number of anilines is 2. The highest BCUT2D eigenvalue weighted by atomic mass is 32.2. The van der Waals surface area contributed by atoms with Crippen LogP contribution in [-0.4, -0.2) is 30.3 Å². The normalized spacial score (nSPS) is 13.8. The van der Waals surface area contributed by atoms with Gasteiger partial charge in [0.05, 0.1) is 15.5 Å². The monoisotopic (exact) mass is 480 g/mol. The second kappa shape index (κ2) is 10.1. The first-order valence-electron chi connectivity index (χ1n) is 10.5. The maximum atomic E-state index is 12.6. The Morgan fingerprint density at radius 3 is 2.12 bits per heavy atom. The molecule has 0 spiro atoms. The van der Waals surface area contributed by atoms with Crippen molar-refractivity contribution in [1.29, 1.82) is 0 Å². The van der Waals surface area contributed by atoms with Crippen molar-refractivity contribution in [2.45, 2.75) is 74.7 Å². The number of nitrogens with zero attached hydrogens (tertiary/aromatic N) is 2. The smallest absolute Gasteiger partial charge is 0.314 e. The molecule has 0 saturated carbocycles. The van der Waals surface area contributed by atoms with Crippen LogP contribution < -0.4 is 15.4 Å². The Morgan fingerprint density at radius 2 is 1.69 bits per heavy atom. The zero-order chi connectivity index (χ0) is 24.3. The van der Waals surface area contributed by atoms with Crippen molar-refractivity contribution in [3.05, 3.63) is 52.6 Å². The quantitative estimate of drug-likeness (QED) is 0.208. The number of nitrogens with two attached hydrogens (primary N) is 1. The molecule has 0 bridgehead atoms. The number of hydrogen-bond acceptors (Lipinski definition) is 7. The van der Waals surface area contributed by atoms with Gasteiger partial charge in [-0.1, -0.05) is 36.9 Å². The van der Waals surface area contributed by atoms with Crippen molar-refractivity contribution in [1.82, 2.24) is 0 Å². The molecule has 10 heteroatoms. The van der Waals surface area contributed by atoms with Crippen LogP contribution >= 0.6 is 11.8 Å². The highest BCUT2D eigenvalue weighted by Gasteiger charge is 2.36. The van der Waals surface area contributed by atoms with Crippen LogP contribution in [0.3, 0.4) is 0 Å². The van der Waals surface area contributed by atoms with Crippen LogP contribution in [0, 0.1) is 10.1 Å². The van der Waals surface area contributed by atoms with Crippen molar-refractivity contribution in [3.63, 3.8) is 0 Å². The Kier molecular flexibility index (Phi) is 8.19. The molecule has 2 rings (SSSR count). The number of hydrogen-bond donors (Lipinski definition) is 2. The summed E-state index contributed by atoms with van der Waals surface area (Å²) >= 11 is 1.51. The second-order valence-electron chi connectivity index (χ2n) is 8.33. The highest BCUT2D eigenvalue weighted by molar-refractivity contribution is 8.00. The average Bonchev–Trinajstić information content (AvgIpc) is 2.67. The van der Waals surface area contributed by atoms with Crippen LogP contribution in [0.25, 0.3) is 0 Å². The molecule has 1 unspecified atom stereocenters. The third kappa shape index (κ3) is 5.93. The summed E-state index contributed by atoms with van der Waals surface area (Å²) in [6.07, 6.45) is 0.621. The van der Waals surface area contributed by atoms with Gasteiger partial charge in [-0.05, 0) is 65.3 Å². The van der Waals surface area contributed by atoms with Gasteiger partial charge >= 0.3 is 5.69 Å². The van der Waals surface area contributed by atoms with Gasteiger partial charge in [0.2, 0.25) is 10.0 Å². The van der Waals surface area contributed by atoms with Crippen molar-refractivity contribution >= 4 is 38.8 Å². The molecule has 0 aliphatic rings. The van der Waals surface area contributed by atoms with Gasteiger partial charge in [0.25, 0.3) is 0 Å².